The van der Waals surface area contributed by atoms with E-state index in [0.29, 0.717) is 22.7 Å². The van der Waals surface area contributed by atoms with E-state index < -0.39 is 16.7 Å². The third-order valence-corrected chi connectivity index (χ3v) is 3.58. The molecular formula is C18H19N3O6. The lowest BCUT2D eigenvalue weighted by atomic mass is 10.2. The standard InChI is InChI=1S/C18H19N3O6/c1-12-3-4-13(21(24)25)9-16(12)20-17(22)10-19-18(23)11-27-15-7-5-14(26-2)6-8-15/h3-9H,10-11H2,1-2H3,(H,19,23)(H,20,22). The number of hydrogen-bond acceptors (Lipinski definition) is 6. The topological polar surface area (TPSA) is 120 Å². The van der Waals surface area contributed by atoms with Gasteiger partial charge in [-0.3, -0.25) is 19.7 Å². The van der Waals surface area contributed by atoms with E-state index in [1.54, 1.807) is 38.3 Å². The number of hydrogen-bond donors (Lipinski definition) is 2. The fourth-order valence-corrected chi connectivity index (χ4v) is 2.10. The second-order valence-electron chi connectivity index (χ2n) is 5.55. The number of carbonyl (C=O) groups excluding carboxylic acids is 2. The summed E-state index contributed by atoms with van der Waals surface area (Å²) in [4.78, 5) is 34.0. The lowest BCUT2D eigenvalue weighted by molar-refractivity contribution is -0.384. The van der Waals surface area contributed by atoms with Crippen molar-refractivity contribution in [2.45, 2.75) is 6.92 Å². The van der Waals surface area contributed by atoms with E-state index in [9.17, 15) is 19.7 Å². The second kappa shape index (κ2) is 9.18. The molecule has 0 saturated heterocycles. The van der Waals surface area contributed by atoms with Gasteiger partial charge in [-0.1, -0.05) is 6.07 Å². The molecule has 0 aliphatic heterocycles. The van der Waals surface area contributed by atoms with E-state index in [1.807, 2.05) is 0 Å². The molecule has 0 radical (unpaired) electrons. The van der Waals surface area contributed by atoms with Crippen molar-refractivity contribution >= 4 is 23.2 Å². The SMILES string of the molecule is COc1ccc(OCC(=O)NCC(=O)Nc2cc([N+](=O)[O-])ccc2C)cc1. The molecule has 2 aromatic carbocycles. The Hall–Kier alpha value is -3.62. The summed E-state index contributed by atoms with van der Waals surface area (Å²) in [5.41, 5.74) is 0.855. The molecule has 0 aliphatic carbocycles. The minimum Gasteiger partial charge on any atom is -0.497 e. The number of anilines is 1. The number of amides is 2. The fourth-order valence-electron chi connectivity index (χ4n) is 2.10. The maximum Gasteiger partial charge on any atom is 0.271 e. The van der Waals surface area contributed by atoms with Crippen LogP contribution >= 0.6 is 0 Å². The molecule has 0 spiro atoms. The van der Waals surface area contributed by atoms with Gasteiger partial charge in [-0.15, -0.1) is 0 Å². The number of nitrogens with one attached hydrogen (secondary N) is 2. The molecule has 2 N–H and O–H groups in total. The van der Waals surface area contributed by atoms with Crippen LogP contribution in [0.25, 0.3) is 0 Å². The summed E-state index contributed by atoms with van der Waals surface area (Å²) in [6.45, 7) is 1.17. The first-order valence-corrected chi connectivity index (χ1v) is 7.97. The third kappa shape index (κ3) is 5.99. The van der Waals surface area contributed by atoms with Gasteiger partial charge >= 0.3 is 0 Å². The van der Waals surface area contributed by atoms with Crippen molar-refractivity contribution in [2.24, 2.45) is 0 Å². The molecule has 2 rings (SSSR count). The molecule has 0 heterocycles. The predicted molar refractivity (Wildman–Crippen MR) is 98.0 cm³/mol. The maximum absolute atomic E-state index is 11.9. The number of ether oxygens (including phenoxy) is 2. The van der Waals surface area contributed by atoms with Crippen LogP contribution in [0.15, 0.2) is 42.5 Å². The quantitative estimate of drug-likeness (QED) is 0.540. The van der Waals surface area contributed by atoms with Crippen LogP contribution in [0.3, 0.4) is 0 Å². The molecule has 9 heteroatoms. The van der Waals surface area contributed by atoms with Crippen LogP contribution in [0, 0.1) is 17.0 Å². The number of nitro groups is 1. The lowest BCUT2D eigenvalue weighted by Gasteiger charge is -2.10. The smallest absolute Gasteiger partial charge is 0.271 e. The van der Waals surface area contributed by atoms with Crippen LogP contribution in [0.5, 0.6) is 11.5 Å². The van der Waals surface area contributed by atoms with E-state index in [1.165, 1.54) is 18.2 Å². The number of non-ortho nitro benzene ring substituents is 1. The van der Waals surface area contributed by atoms with E-state index in [-0.39, 0.29) is 18.8 Å². The largest absolute Gasteiger partial charge is 0.497 e. The zero-order valence-corrected chi connectivity index (χ0v) is 14.9. The van der Waals surface area contributed by atoms with Gasteiger partial charge in [0.15, 0.2) is 6.61 Å². The van der Waals surface area contributed by atoms with Crippen LogP contribution in [0.1, 0.15) is 5.56 Å². The number of aryl methyl sites for hydroxylation is 1. The summed E-state index contributed by atoms with van der Waals surface area (Å²) >= 11 is 0. The number of nitro benzene ring substituents is 1. The Kier molecular flexibility index (Phi) is 6.70. The zero-order chi connectivity index (χ0) is 19.8. The average molecular weight is 373 g/mol. The summed E-state index contributed by atoms with van der Waals surface area (Å²) in [7, 11) is 1.55. The third-order valence-electron chi connectivity index (χ3n) is 3.58. The zero-order valence-electron chi connectivity index (χ0n) is 14.9. The first-order chi connectivity index (χ1) is 12.9. The Morgan fingerprint density at radius 3 is 2.37 bits per heavy atom. The van der Waals surface area contributed by atoms with Gasteiger partial charge in [-0.05, 0) is 36.8 Å². The van der Waals surface area contributed by atoms with Gasteiger partial charge in [0.05, 0.1) is 24.3 Å². The first-order valence-electron chi connectivity index (χ1n) is 7.97. The van der Waals surface area contributed by atoms with E-state index >= 15 is 0 Å². The predicted octanol–water partition coefficient (Wildman–Crippen LogP) is 2.05. The molecule has 0 fully saturated rings. The monoisotopic (exact) mass is 373 g/mol. The number of benzene rings is 2. The highest BCUT2D eigenvalue weighted by molar-refractivity contribution is 5.95. The second-order valence-corrected chi connectivity index (χ2v) is 5.55. The van der Waals surface area contributed by atoms with Gasteiger partial charge in [0.2, 0.25) is 5.91 Å². The van der Waals surface area contributed by atoms with Crippen LogP contribution < -0.4 is 20.1 Å². The molecule has 0 aromatic heterocycles. The summed E-state index contributed by atoms with van der Waals surface area (Å²) < 4.78 is 10.3. The Morgan fingerprint density at radius 1 is 1.07 bits per heavy atom. The van der Waals surface area contributed by atoms with Gasteiger partial charge < -0.3 is 20.1 Å². The Balaban J connectivity index is 1.80. The molecule has 0 unspecified atom stereocenters. The van der Waals surface area contributed by atoms with Crippen molar-refractivity contribution in [2.75, 3.05) is 25.6 Å². The lowest BCUT2D eigenvalue weighted by Crippen LogP contribution is -2.35. The molecule has 0 bridgehead atoms. The van der Waals surface area contributed by atoms with E-state index in [0.717, 1.165) is 0 Å². The molecule has 0 aliphatic rings. The number of carbonyl (C=O) groups is 2. The van der Waals surface area contributed by atoms with Gasteiger partial charge in [-0.2, -0.15) is 0 Å². The molecule has 2 aromatic rings. The van der Waals surface area contributed by atoms with Gasteiger partial charge in [0.1, 0.15) is 11.5 Å². The number of nitrogens with zero attached hydrogens (tertiary/aromatic N) is 1. The van der Waals surface area contributed by atoms with Crippen LogP contribution in [-0.2, 0) is 9.59 Å². The average Bonchev–Trinajstić information content (AvgIpc) is 2.66. The van der Waals surface area contributed by atoms with Crippen LogP contribution in [0.4, 0.5) is 11.4 Å². The van der Waals surface area contributed by atoms with Gasteiger partial charge in [-0.25, -0.2) is 0 Å². The Labute approximate surface area is 155 Å². The van der Waals surface area contributed by atoms with Crippen LogP contribution in [-0.4, -0.2) is 37.0 Å². The highest BCUT2D eigenvalue weighted by atomic mass is 16.6. The summed E-state index contributed by atoms with van der Waals surface area (Å²) in [5.74, 6) is 0.177. The number of rotatable bonds is 8. The summed E-state index contributed by atoms with van der Waals surface area (Å²) in [6.07, 6.45) is 0. The van der Waals surface area contributed by atoms with Gasteiger partial charge in [0, 0.05) is 12.1 Å². The Morgan fingerprint density at radius 2 is 1.74 bits per heavy atom. The normalized spacial score (nSPS) is 10.0. The maximum atomic E-state index is 11.9. The summed E-state index contributed by atoms with van der Waals surface area (Å²) in [5, 5.41) is 15.8. The van der Waals surface area contributed by atoms with Crippen molar-refractivity contribution in [1.82, 2.24) is 5.32 Å². The Bertz CT molecular complexity index is 835. The molecule has 27 heavy (non-hydrogen) atoms. The van der Waals surface area contributed by atoms with Crippen molar-refractivity contribution in [3.63, 3.8) is 0 Å². The highest BCUT2D eigenvalue weighted by Gasteiger charge is 2.12. The van der Waals surface area contributed by atoms with Crippen LogP contribution in [0.2, 0.25) is 0 Å². The van der Waals surface area contributed by atoms with E-state index in [4.69, 9.17) is 9.47 Å². The fraction of sp³-hybridized carbons (Fsp3) is 0.222. The van der Waals surface area contributed by atoms with Crippen molar-refractivity contribution in [3.05, 3.63) is 58.1 Å². The molecule has 0 saturated carbocycles. The molecular weight excluding hydrogens is 354 g/mol. The summed E-state index contributed by atoms with van der Waals surface area (Å²) in [6, 6.07) is 10.9. The molecule has 2 amide bonds. The van der Waals surface area contributed by atoms with Crippen molar-refractivity contribution in [1.29, 1.82) is 0 Å². The van der Waals surface area contributed by atoms with Gasteiger partial charge in [0.25, 0.3) is 11.6 Å². The molecule has 142 valence electrons. The number of methoxy groups -OCH3 is 1. The minimum atomic E-state index is -0.548. The molecule has 9 nitrogen and oxygen atoms in total. The van der Waals surface area contributed by atoms with Crippen molar-refractivity contribution < 1.29 is 24.0 Å². The van der Waals surface area contributed by atoms with Crippen molar-refractivity contribution in [3.8, 4) is 11.5 Å². The highest BCUT2D eigenvalue weighted by Crippen LogP contribution is 2.21. The van der Waals surface area contributed by atoms with E-state index in [2.05, 4.69) is 10.6 Å². The first kappa shape index (κ1) is 19.7. The minimum absolute atomic E-state index is 0.132. The molecule has 0 atom stereocenters.